The van der Waals surface area contributed by atoms with Crippen LogP contribution < -0.4 is 10.9 Å². The molecule has 106 valence electrons. The molecule has 3 rings (SSSR count). The number of hydrogen-bond donors (Lipinski definition) is 0. The first-order valence-electron chi connectivity index (χ1n) is 7.01. The molecule has 2 aromatic rings. The van der Waals surface area contributed by atoms with E-state index in [1.54, 1.807) is 13.2 Å². The fourth-order valence-corrected chi connectivity index (χ4v) is 5.66. The van der Waals surface area contributed by atoms with Gasteiger partial charge in [0.05, 0.1) is 11.6 Å². The van der Waals surface area contributed by atoms with Gasteiger partial charge in [-0.25, -0.2) is 4.68 Å². The molecule has 1 fully saturated rings. The van der Waals surface area contributed by atoms with Crippen LogP contribution in [-0.2, 0) is 11.6 Å². The van der Waals surface area contributed by atoms with E-state index >= 15 is 0 Å². The topological polar surface area (TPSA) is 52.0 Å². The summed E-state index contributed by atoms with van der Waals surface area (Å²) in [6, 6.07) is 3.83. The number of aromatic nitrogens is 2. The highest BCUT2D eigenvalue weighted by Crippen LogP contribution is 2.56. The number of rotatable bonds is 2. The second-order valence-electron chi connectivity index (χ2n) is 5.88. The van der Waals surface area contributed by atoms with Gasteiger partial charge in [-0.05, 0) is 24.0 Å². The van der Waals surface area contributed by atoms with Crippen LogP contribution in [0.15, 0.2) is 23.1 Å². The van der Waals surface area contributed by atoms with Gasteiger partial charge in [0.1, 0.15) is 7.14 Å². The summed E-state index contributed by atoms with van der Waals surface area (Å²) in [4.78, 5) is 12.2. The molecule has 0 unspecified atom stereocenters. The van der Waals surface area contributed by atoms with Gasteiger partial charge in [0.15, 0.2) is 0 Å². The third kappa shape index (κ3) is 1.86. The molecule has 1 aliphatic heterocycles. The molecule has 1 aliphatic rings. The van der Waals surface area contributed by atoms with Crippen molar-refractivity contribution in [3.63, 3.8) is 0 Å². The van der Waals surface area contributed by atoms with Gasteiger partial charge in [-0.2, -0.15) is 5.10 Å². The van der Waals surface area contributed by atoms with E-state index in [0.717, 1.165) is 35.0 Å². The first-order valence-corrected chi connectivity index (χ1v) is 9.09. The van der Waals surface area contributed by atoms with Crippen molar-refractivity contribution < 1.29 is 4.57 Å². The van der Waals surface area contributed by atoms with Crippen LogP contribution in [0.25, 0.3) is 10.8 Å². The molecular weight excluding hydrogens is 271 g/mol. The summed E-state index contributed by atoms with van der Waals surface area (Å²) in [6.45, 7) is 4.20. The molecule has 0 amide bonds. The predicted molar refractivity (Wildman–Crippen MR) is 82.7 cm³/mol. The van der Waals surface area contributed by atoms with E-state index in [-0.39, 0.29) is 5.56 Å². The van der Waals surface area contributed by atoms with E-state index in [4.69, 9.17) is 0 Å². The number of aryl methyl sites for hydroxylation is 1. The van der Waals surface area contributed by atoms with E-state index in [1.807, 2.05) is 12.1 Å². The van der Waals surface area contributed by atoms with E-state index in [9.17, 15) is 9.36 Å². The number of nitrogens with zero attached hydrogens (tertiary/aromatic N) is 2. The molecule has 1 aromatic carbocycles. The molecule has 1 saturated heterocycles. The Bertz CT molecular complexity index is 784. The Kier molecular flexibility index (Phi) is 3.09. The van der Waals surface area contributed by atoms with Gasteiger partial charge in [0, 0.05) is 30.1 Å². The molecule has 1 aromatic heterocycles. The second-order valence-corrected chi connectivity index (χ2v) is 9.00. The molecule has 5 heteroatoms. The van der Waals surface area contributed by atoms with Crippen molar-refractivity contribution >= 4 is 23.2 Å². The van der Waals surface area contributed by atoms with Crippen molar-refractivity contribution in [2.45, 2.75) is 26.2 Å². The van der Waals surface area contributed by atoms with Crippen LogP contribution in [0, 0.1) is 0 Å². The number of fused-ring (bicyclic) bond motifs is 1. The first-order chi connectivity index (χ1) is 9.44. The Morgan fingerprint density at radius 2 is 1.95 bits per heavy atom. The zero-order chi connectivity index (χ0) is 14.5. The average Bonchev–Trinajstić information content (AvgIpc) is 2.39. The standard InChI is InChI=1S/C15H19N2O2P/c1-10(2)11-5-6-12-13(9-16-17(3)15(12)18)14(11)20(19)7-4-8-20/h5-6,9-10H,4,7-8H2,1-3H3. The van der Waals surface area contributed by atoms with Crippen molar-refractivity contribution in [1.29, 1.82) is 0 Å². The molecule has 4 nitrogen and oxygen atoms in total. The van der Waals surface area contributed by atoms with Crippen molar-refractivity contribution in [1.82, 2.24) is 9.78 Å². The molecule has 0 spiro atoms. The van der Waals surface area contributed by atoms with Gasteiger partial charge in [0.2, 0.25) is 0 Å². The molecule has 0 N–H and O–H groups in total. The summed E-state index contributed by atoms with van der Waals surface area (Å²) in [6.07, 6.45) is 4.25. The van der Waals surface area contributed by atoms with Gasteiger partial charge in [0.25, 0.3) is 5.56 Å². The lowest BCUT2D eigenvalue weighted by Crippen LogP contribution is -2.27. The van der Waals surface area contributed by atoms with Crippen molar-refractivity contribution in [3.8, 4) is 0 Å². The maximum absolute atomic E-state index is 13.1. The molecule has 0 bridgehead atoms. The average molecular weight is 290 g/mol. The van der Waals surface area contributed by atoms with Gasteiger partial charge in [-0.15, -0.1) is 0 Å². The van der Waals surface area contributed by atoms with Gasteiger partial charge < -0.3 is 4.57 Å². The Hall–Kier alpha value is -1.41. The highest BCUT2D eigenvalue weighted by Gasteiger charge is 2.36. The maximum atomic E-state index is 13.1. The quantitative estimate of drug-likeness (QED) is 0.798. The monoisotopic (exact) mass is 290 g/mol. The SMILES string of the molecule is CC(C)c1ccc2c(=O)n(C)ncc2c1P1(=O)CCC1. The normalized spacial score (nSPS) is 17.4. The molecular formula is C15H19N2O2P. The first kappa shape index (κ1) is 13.6. The van der Waals surface area contributed by atoms with Crippen LogP contribution in [0.2, 0.25) is 0 Å². The van der Waals surface area contributed by atoms with Gasteiger partial charge in [-0.1, -0.05) is 19.9 Å². The summed E-state index contributed by atoms with van der Waals surface area (Å²) >= 11 is 0. The van der Waals surface area contributed by atoms with Crippen LogP contribution >= 0.6 is 7.14 Å². The predicted octanol–water partition coefficient (Wildman–Crippen LogP) is 2.45. The molecule has 0 aliphatic carbocycles. The summed E-state index contributed by atoms with van der Waals surface area (Å²) in [7, 11) is -0.663. The summed E-state index contributed by atoms with van der Waals surface area (Å²) < 4.78 is 14.4. The third-order valence-corrected chi connectivity index (χ3v) is 7.59. The smallest absolute Gasteiger partial charge is 0.274 e. The van der Waals surface area contributed by atoms with Gasteiger partial charge in [-0.3, -0.25) is 4.79 Å². The van der Waals surface area contributed by atoms with E-state index in [2.05, 4.69) is 18.9 Å². The summed E-state index contributed by atoms with van der Waals surface area (Å²) in [5.74, 6) is 0.296. The van der Waals surface area contributed by atoms with Crippen LogP contribution in [0.1, 0.15) is 31.7 Å². The Morgan fingerprint density at radius 1 is 1.25 bits per heavy atom. The molecule has 20 heavy (non-hydrogen) atoms. The number of hydrogen-bond acceptors (Lipinski definition) is 3. The maximum Gasteiger partial charge on any atom is 0.274 e. The Balaban J connectivity index is 2.44. The lowest BCUT2D eigenvalue weighted by Gasteiger charge is -2.30. The minimum atomic E-state index is -2.31. The van der Waals surface area contributed by atoms with Crippen LogP contribution in [0.3, 0.4) is 0 Å². The van der Waals surface area contributed by atoms with Gasteiger partial charge >= 0.3 is 0 Å². The molecule has 2 heterocycles. The van der Waals surface area contributed by atoms with Crippen LogP contribution in [0.5, 0.6) is 0 Å². The Morgan fingerprint density at radius 3 is 2.50 bits per heavy atom. The second kappa shape index (κ2) is 4.56. The summed E-state index contributed by atoms with van der Waals surface area (Å²) in [5.41, 5.74) is 0.988. The van der Waals surface area contributed by atoms with Crippen molar-refractivity contribution in [2.24, 2.45) is 7.05 Å². The minimum Gasteiger partial charge on any atom is -0.319 e. The molecule has 0 radical (unpaired) electrons. The Labute approximate surface area is 118 Å². The van der Waals surface area contributed by atoms with E-state index in [0.29, 0.717) is 11.3 Å². The zero-order valence-electron chi connectivity index (χ0n) is 12.1. The highest BCUT2D eigenvalue weighted by atomic mass is 31.2. The highest BCUT2D eigenvalue weighted by molar-refractivity contribution is 7.73. The molecule has 0 saturated carbocycles. The minimum absolute atomic E-state index is 0.119. The molecule has 0 atom stereocenters. The van der Waals surface area contributed by atoms with E-state index in [1.165, 1.54) is 4.68 Å². The van der Waals surface area contributed by atoms with Crippen LogP contribution in [0.4, 0.5) is 0 Å². The number of benzene rings is 1. The lowest BCUT2D eigenvalue weighted by molar-refractivity contribution is 0.570. The van der Waals surface area contributed by atoms with E-state index < -0.39 is 7.14 Å². The fraction of sp³-hybridized carbons (Fsp3) is 0.467. The third-order valence-electron chi connectivity index (χ3n) is 4.20. The largest absolute Gasteiger partial charge is 0.319 e. The summed E-state index contributed by atoms with van der Waals surface area (Å²) in [5, 5.41) is 6.46. The van der Waals surface area contributed by atoms with Crippen LogP contribution in [-0.4, -0.2) is 22.1 Å². The van der Waals surface area contributed by atoms with Crippen molar-refractivity contribution in [2.75, 3.05) is 12.3 Å². The van der Waals surface area contributed by atoms with Crippen molar-refractivity contribution in [3.05, 3.63) is 34.2 Å². The lowest BCUT2D eigenvalue weighted by atomic mass is 10.0. The fourth-order valence-electron chi connectivity index (χ4n) is 2.90. The zero-order valence-corrected chi connectivity index (χ0v) is 13.0.